The van der Waals surface area contributed by atoms with Gasteiger partial charge < -0.3 is 9.64 Å². The molecule has 0 atom stereocenters. The normalized spacial score (nSPS) is 14.1. The van der Waals surface area contributed by atoms with Crippen molar-refractivity contribution in [2.24, 2.45) is 0 Å². The summed E-state index contributed by atoms with van der Waals surface area (Å²) in [5.41, 5.74) is 1.47. The van der Waals surface area contributed by atoms with E-state index in [1.807, 2.05) is 6.07 Å². The van der Waals surface area contributed by atoms with Crippen LogP contribution in [0.1, 0.15) is 20.8 Å². The molecule has 0 bridgehead atoms. The van der Waals surface area contributed by atoms with Gasteiger partial charge >= 0.3 is 0 Å². The number of benzene rings is 1. The molecular formula is C20H19FN4O2S. The van der Waals surface area contributed by atoms with Crippen LogP contribution in [-0.2, 0) is 11.2 Å². The Morgan fingerprint density at radius 2 is 1.89 bits per heavy atom. The first-order chi connectivity index (χ1) is 13.7. The van der Waals surface area contributed by atoms with E-state index < -0.39 is 0 Å². The smallest absolute Gasteiger partial charge is 0.259 e. The fraction of sp³-hybridized carbons (Fsp3) is 0.250. The van der Waals surface area contributed by atoms with Crippen LogP contribution in [0.3, 0.4) is 0 Å². The molecule has 4 rings (SSSR count). The van der Waals surface area contributed by atoms with Crippen molar-refractivity contribution in [3.05, 3.63) is 70.6 Å². The average molecular weight is 398 g/mol. The minimum atomic E-state index is -0.255. The lowest BCUT2D eigenvalue weighted by molar-refractivity contribution is 0.102. The standard InChI is InChI=1S/C20H19FN4O2S/c21-16-4-1-14(2-5-16)11-17-13-23-20(28-17)24-19(26)15-3-6-18(22-12-15)25-7-9-27-10-8-25/h1-6,12-13H,7-11H2,(H,23,24,26). The van der Waals surface area contributed by atoms with Gasteiger partial charge in [0.25, 0.3) is 5.91 Å². The fourth-order valence-electron chi connectivity index (χ4n) is 2.92. The van der Waals surface area contributed by atoms with E-state index in [1.54, 1.807) is 30.6 Å². The number of ether oxygens (including phenoxy) is 1. The van der Waals surface area contributed by atoms with Gasteiger partial charge in [0, 0.05) is 36.8 Å². The zero-order valence-corrected chi connectivity index (χ0v) is 15.9. The third kappa shape index (κ3) is 4.52. The van der Waals surface area contributed by atoms with Gasteiger partial charge in [0.05, 0.1) is 18.8 Å². The molecule has 1 fully saturated rings. The maximum Gasteiger partial charge on any atom is 0.259 e. The molecule has 8 heteroatoms. The average Bonchev–Trinajstić information content (AvgIpc) is 3.17. The van der Waals surface area contributed by atoms with Crippen molar-refractivity contribution in [3.63, 3.8) is 0 Å². The van der Waals surface area contributed by atoms with Crippen LogP contribution >= 0.6 is 11.3 Å². The summed E-state index contributed by atoms with van der Waals surface area (Å²) in [6, 6.07) is 9.98. The minimum Gasteiger partial charge on any atom is -0.378 e. The number of thiazole rings is 1. The van der Waals surface area contributed by atoms with Crippen LogP contribution < -0.4 is 10.2 Å². The molecule has 1 aliphatic heterocycles. The molecule has 0 unspecified atom stereocenters. The molecule has 1 amide bonds. The number of carbonyl (C=O) groups excluding carboxylic acids is 1. The van der Waals surface area contributed by atoms with Crippen LogP contribution in [0, 0.1) is 5.82 Å². The first kappa shape index (κ1) is 18.5. The Labute approximate surface area is 166 Å². The Bertz CT molecular complexity index is 938. The summed E-state index contributed by atoms with van der Waals surface area (Å²) in [6.07, 6.45) is 3.94. The number of hydrogen-bond acceptors (Lipinski definition) is 6. The highest BCUT2D eigenvalue weighted by molar-refractivity contribution is 7.15. The molecule has 2 aromatic heterocycles. The summed E-state index contributed by atoms with van der Waals surface area (Å²) in [4.78, 5) is 24.2. The largest absolute Gasteiger partial charge is 0.378 e. The Balaban J connectivity index is 1.37. The number of amides is 1. The summed E-state index contributed by atoms with van der Waals surface area (Å²) < 4.78 is 18.3. The van der Waals surface area contributed by atoms with Gasteiger partial charge in [0.1, 0.15) is 11.6 Å². The lowest BCUT2D eigenvalue weighted by atomic mass is 10.1. The molecule has 144 valence electrons. The molecule has 6 nitrogen and oxygen atoms in total. The highest BCUT2D eigenvalue weighted by Crippen LogP contribution is 2.22. The molecule has 0 aliphatic carbocycles. The number of anilines is 2. The Morgan fingerprint density at radius 3 is 2.61 bits per heavy atom. The molecule has 0 radical (unpaired) electrons. The van der Waals surface area contributed by atoms with E-state index in [1.165, 1.54) is 23.5 Å². The first-order valence-electron chi connectivity index (χ1n) is 8.96. The summed E-state index contributed by atoms with van der Waals surface area (Å²) in [5.74, 6) is 0.341. The van der Waals surface area contributed by atoms with Gasteiger partial charge in [-0.2, -0.15) is 0 Å². The van der Waals surface area contributed by atoms with E-state index >= 15 is 0 Å². The monoisotopic (exact) mass is 398 g/mol. The zero-order chi connectivity index (χ0) is 19.3. The van der Waals surface area contributed by atoms with Crippen LogP contribution in [0.25, 0.3) is 0 Å². The Kier molecular flexibility index (Phi) is 5.59. The molecule has 1 aliphatic rings. The van der Waals surface area contributed by atoms with Crippen molar-refractivity contribution in [2.75, 3.05) is 36.5 Å². The first-order valence-corrected chi connectivity index (χ1v) is 9.78. The van der Waals surface area contributed by atoms with Crippen molar-refractivity contribution in [2.45, 2.75) is 6.42 Å². The third-order valence-electron chi connectivity index (χ3n) is 4.41. The maximum absolute atomic E-state index is 13.0. The highest BCUT2D eigenvalue weighted by atomic mass is 32.1. The van der Waals surface area contributed by atoms with Crippen LogP contribution in [0.2, 0.25) is 0 Å². The van der Waals surface area contributed by atoms with E-state index in [0.29, 0.717) is 30.3 Å². The molecule has 1 N–H and O–H groups in total. The number of hydrogen-bond donors (Lipinski definition) is 1. The Hall–Kier alpha value is -2.84. The number of morpholine rings is 1. The van der Waals surface area contributed by atoms with Gasteiger partial charge in [-0.15, -0.1) is 11.3 Å². The molecule has 0 spiro atoms. The summed E-state index contributed by atoms with van der Waals surface area (Å²) in [5, 5.41) is 3.33. The van der Waals surface area contributed by atoms with Crippen molar-refractivity contribution in [1.82, 2.24) is 9.97 Å². The predicted octanol–water partition coefficient (Wildman–Crippen LogP) is 3.36. The molecule has 3 aromatic rings. The molecule has 3 heterocycles. The number of rotatable bonds is 5. The van der Waals surface area contributed by atoms with Crippen LogP contribution in [0.5, 0.6) is 0 Å². The van der Waals surface area contributed by atoms with Crippen molar-refractivity contribution in [1.29, 1.82) is 0 Å². The molecule has 1 aromatic carbocycles. The van der Waals surface area contributed by atoms with Crippen molar-refractivity contribution >= 4 is 28.2 Å². The lowest BCUT2D eigenvalue weighted by Gasteiger charge is -2.27. The third-order valence-corrected chi connectivity index (χ3v) is 5.32. The van der Waals surface area contributed by atoms with Gasteiger partial charge in [0.2, 0.25) is 0 Å². The van der Waals surface area contributed by atoms with Crippen LogP contribution in [0.15, 0.2) is 48.8 Å². The highest BCUT2D eigenvalue weighted by Gasteiger charge is 2.14. The lowest BCUT2D eigenvalue weighted by Crippen LogP contribution is -2.36. The second-order valence-corrected chi connectivity index (χ2v) is 7.51. The number of nitrogens with zero attached hydrogens (tertiary/aromatic N) is 3. The number of nitrogens with one attached hydrogen (secondary N) is 1. The van der Waals surface area contributed by atoms with Crippen LogP contribution in [-0.4, -0.2) is 42.2 Å². The van der Waals surface area contributed by atoms with Gasteiger partial charge in [-0.05, 0) is 29.8 Å². The van der Waals surface area contributed by atoms with Gasteiger partial charge in [0.15, 0.2) is 5.13 Å². The predicted molar refractivity (Wildman–Crippen MR) is 107 cm³/mol. The van der Waals surface area contributed by atoms with E-state index in [2.05, 4.69) is 20.2 Å². The molecule has 1 saturated heterocycles. The van der Waals surface area contributed by atoms with E-state index in [4.69, 9.17) is 4.74 Å². The Morgan fingerprint density at radius 1 is 1.11 bits per heavy atom. The second kappa shape index (κ2) is 8.45. The summed E-state index contributed by atoms with van der Waals surface area (Å²) in [7, 11) is 0. The number of pyridine rings is 1. The quantitative estimate of drug-likeness (QED) is 0.714. The van der Waals surface area contributed by atoms with Gasteiger partial charge in [-0.1, -0.05) is 12.1 Å². The summed E-state index contributed by atoms with van der Waals surface area (Å²) in [6.45, 7) is 2.98. The fourth-order valence-corrected chi connectivity index (χ4v) is 3.76. The van der Waals surface area contributed by atoms with Crippen molar-refractivity contribution < 1.29 is 13.9 Å². The van der Waals surface area contributed by atoms with E-state index in [0.717, 1.165) is 29.3 Å². The SMILES string of the molecule is O=C(Nc1ncc(Cc2ccc(F)cc2)s1)c1ccc(N2CCOCC2)nc1. The topological polar surface area (TPSA) is 67.4 Å². The minimum absolute atomic E-state index is 0.247. The van der Waals surface area contributed by atoms with Crippen LogP contribution in [0.4, 0.5) is 15.3 Å². The number of carbonyl (C=O) groups is 1. The molecular weight excluding hydrogens is 379 g/mol. The zero-order valence-electron chi connectivity index (χ0n) is 15.1. The molecule has 0 saturated carbocycles. The van der Waals surface area contributed by atoms with Crippen molar-refractivity contribution in [3.8, 4) is 0 Å². The van der Waals surface area contributed by atoms with Gasteiger partial charge in [-0.25, -0.2) is 14.4 Å². The van der Waals surface area contributed by atoms with E-state index in [9.17, 15) is 9.18 Å². The second-order valence-electron chi connectivity index (χ2n) is 6.39. The maximum atomic E-state index is 13.0. The number of aromatic nitrogens is 2. The summed E-state index contributed by atoms with van der Waals surface area (Å²) >= 11 is 1.40. The van der Waals surface area contributed by atoms with E-state index in [-0.39, 0.29) is 11.7 Å². The van der Waals surface area contributed by atoms with Gasteiger partial charge in [-0.3, -0.25) is 10.1 Å². The molecule has 28 heavy (non-hydrogen) atoms. The number of halogens is 1.